The minimum Gasteiger partial charge on any atom is -0.442 e. The number of nitrogens with one attached hydrogen (secondary N) is 1. The minimum atomic E-state index is -4.69. The zero-order valence-electron chi connectivity index (χ0n) is 20.3. The highest BCUT2D eigenvalue weighted by Gasteiger charge is 2.39. The van der Waals surface area contributed by atoms with Gasteiger partial charge in [-0.3, -0.25) is 14.8 Å². The fourth-order valence-electron chi connectivity index (χ4n) is 3.53. The molecule has 14 heteroatoms. The lowest BCUT2D eigenvalue weighted by atomic mass is 9.98. The van der Waals surface area contributed by atoms with Crippen LogP contribution in [0.2, 0.25) is 0 Å². The van der Waals surface area contributed by atoms with Gasteiger partial charge in [0, 0.05) is 23.7 Å². The molecule has 1 atom stereocenters. The second-order valence-corrected chi connectivity index (χ2v) is 9.39. The Morgan fingerprint density at radius 3 is 2.32 bits per heavy atom. The van der Waals surface area contributed by atoms with Crippen LogP contribution in [0.4, 0.5) is 32.0 Å². The number of aromatic nitrogens is 1. The Bertz CT molecular complexity index is 1300. The molecule has 2 aromatic rings. The molecule has 1 aromatic heterocycles. The van der Waals surface area contributed by atoms with E-state index in [1.807, 2.05) is 0 Å². The van der Waals surface area contributed by atoms with E-state index >= 15 is 0 Å². The Morgan fingerprint density at radius 2 is 1.71 bits per heavy atom. The van der Waals surface area contributed by atoms with Crippen molar-refractivity contribution >= 4 is 17.2 Å². The number of nitrogens with zero attached hydrogens (tertiary/aromatic N) is 5. The van der Waals surface area contributed by atoms with E-state index in [1.54, 1.807) is 20.8 Å². The number of esters is 1. The average molecular weight is 540 g/mol. The van der Waals surface area contributed by atoms with Gasteiger partial charge in [-0.15, -0.1) is 10.2 Å². The van der Waals surface area contributed by atoms with Gasteiger partial charge in [0.15, 0.2) is 12.6 Å². The van der Waals surface area contributed by atoms with Crippen LogP contribution >= 0.6 is 0 Å². The third-order valence-electron chi connectivity index (χ3n) is 5.42. The molecule has 38 heavy (non-hydrogen) atoms. The number of fused-ring (bicyclic) bond motifs is 1. The molecule has 0 saturated heterocycles. The first-order valence-corrected chi connectivity index (χ1v) is 11.2. The van der Waals surface area contributed by atoms with Gasteiger partial charge in [-0.05, 0) is 63.2 Å². The molecule has 0 spiro atoms. The second-order valence-electron chi connectivity index (χ2n) is 9.39. The Balaban J connectivity index is 1.66. The number of alkyl halides is 6. The molecule has 1 N–H and O–H groups in total. The van der Waals surface area contributed by atoms with Crippen LogP contribution in [0, 0.1) is 5.41 Å². The van der Waals surface area contributed by atoms with Crippen molar-refractivity contribution < 1.29 is 35.9 Å². The summed E-state index contributed by atoms with van der Waals surface area (Å²) in [5.74, 6) is -0.477. The van der Waals surface area contributed by atoms with Gasteiger partial charge < -0.3 is 10.1 Å². The van der Waals surface area contributed by atoms with Gasteiger partial charge >= 0.3 is 18.3 Å². The standard InChI is InChI=1S/C24H22F6N6O2/c1-22(2,3)20(37)38-13-35-12-14(19-17(24(28,29)30)5-4-10-31-19)11-18-33-34-21(36(18)35)32-16-8-6-15(7-9-16)23(25,26)27/h4-12,21,32H,13H2,1-3H3. The van der Waals surface area contributed by atoms with Crippen LogP contribution in [0.3, 0.4) is 0 Å². The van der Waals surface area contributed by atoms with Crippen LogP contribution < -0.4 is 5.32 Å². The zero-order chi connectivity index (χ0) is 27.9. The zero-order valence-corrected chi connectivity index (χ0v) is 20.3. The van der Waals surface area contributed by atoms with E-state index in [0.29, 0.717) is 0 Å². The van der Waals surface area contributed by atoms with Crippen molar-refractivity contribution in [2.45, 2.75) is 39.4 Å². The third kappa shape index (κ3) is 5.73. The van der Waals surface area contributed by atoms with E-state index in [4.69, 9.17) is 4.74 Å². The van der Waals surface area contributed by atoms with Crippen LogP contribution in [0.5, 0.6) is 0 Å². The van der Waals surface area contributed by atoms with Gasteiger partial charge in [0.2, 0.25) is 6.29 Å². The number of pyridine rings is 1. The second kappa shape index (κ2) is 9.65. The Labute approximate surface area is 213 Å². The molecule has 0 radical (unpaired) electrons. The van der Waals surface area contributed by atoms with E-state index < -0.39 is 47.9 Å². The van der Waals surface area contributed by atoms with Gasteiger partial charge in [-0.1, -0.05) is 0 Å². The molecule has 1 aromatic carbocycles. The van der Waals surface area contributed by atoms with Gasteiger partial charge in [0.25, 0.3) is 0 Å². The Kier molecular flexibility index (Phi) is 6.84. The van der Waals surface area contributed by atoms with E-state index in [2.05, 4.69) is 20.5 Å². The molecule has 0 bridgehead atoms. The minimum absolute atomic E-state index is 0.0325. The monoisotopic (exact) mass is 540 g/mol. The first kappa shape index (κ1) is 26.9. The highest BCUT2D eigenvalue weighted by Crippen LogP contribution is 2.38. The molecule has 1 unspecified atom stereocenters. The van der Waals surface area contributed by atoms with Gasteiger partial charge in [0.05, 0.1) is 22.2 Å². The largest absolute Gasteiger partial charge is 0.442 e. The highest BCUT2D eigenvalue weighted by molar-refractivity contribution is 5.76. The lowest BCUT2D eigenvalue weighted by Gasteiger charge is -2.38. The predicted octanol–water partition coefficient (Wildman–Crippen LogP) is 6.24. The predicted molar refractivity (Wildman–Crippen MR) is 123 cm³/mol. The van der Waals surface area contributed by atoms with Crippen LogP contribution in [-0.2, 0) is 21.9 Å². The number of anilines is 1. The number of azo groups is 1. The molecule has 0 saturated carbocycles. The molecule has 0 amide bonds. The lowest BCUT2D eigenvalue weighted by molar-refractivity contribution is -0.163. The van der Waals surface area contributed by atoms with Gasteiger partial charge in [-0.2, -0.15) is 26.3 Å². The molecule has 202 valence electrons. The number of carbonyl (C=O) groups is 1. The summed E-state index contributed by atoms with van der Waals surface area (Å²) in [6, 6.07) is 6.25. The number of benzene rings is 1. The molecule has 8 nitrogen and oxygen atoms in total. The van der Waals surface area contributed by atoms with Gasteiger partial charge in [0.1, 0.15) is 0 Å². The smallest absolute Gasteiger partial charge is 0.418 e. The fourth-order valence-corrected chi connectivity index (χ4v) is 3.53. The summed E-state index contributed by atoms with van der Waals surface area (Å²) in [5.41, 5.74) is -2.73. The van der Waals surface area contributed by atoms with Crippen LogP contribution in [0.15, 0.2) is 70.9 Å². The Hall–Kier alpha value is -4.10. The fraction of sp³-hybridized carbons (Fsp3) is 0.333. The van der Waals surface area contributed by atoms with Crippen molar-refractivity contribution in [2.24, 2.45) is 15.6 Å². The maximum absolute atomic E-state index is 13.7. The molecular formula is C24H22F6N6O2. The SMILES string of the molecule is CC(C)(C)C(=O)OCN1C=C(c2ncccc2C(F)(F)F)C=C2N=NC(Nc3ccc(C(F)(F)F)cc3)N21. The molecule has 3 heterocycles. The normalized spacial score (nSPS) is 17.7. The molecule has 0 aliphatic carbocycles. The number of ether oxygens (including phenoxy) is 1. The van der Waals surface area contributed by atoms with Crippen molar-refractivity contribution in [3.05, 3.63) is 77.5 Å². The summed E-state index contributed by atoms with van der Waals surface area (Å²) in [5, 5.41) is 13.7. The van der Waals surface area contributed by atoms with E-state index in [0.717, 1.165) is 24.3 Å². The lowest BCUT2D eigenvalue weighted by Crippen LogP contribution is -2.48. The molecule has 2 aliphatic rings. The molecule has 2 aliphatic heterocycles. The molecule has 4 rings (SSSR count). The number of carbonyl (C=O) groups excluding carboxylic acids is 1. The van der Waals surface area contributed by atoms with E-state index in [1.165, 1.54) is 40.6 Å². The van der Waals surface area contributed by atoms with E-state index in [-0.39, 0.29) is 22.8 Å². The van der Waals surface area contributed by atoms with Crippen LogP contribution in [-0.4, -0.2) is 34.0 Å². The molecular weight excluding hydrogens is 518 g/mol. The number of allylic oxidation sites excluding steroid dienone is 2. The summed E-state index contributed by atoms with van der Waals surface area (Å²) in [6.45, 7) is 4.49. The van der Waals surface area contributed by atoms with Crippen molar-refractivity contribution in [3.8, 4) is 0 Å². The van der Waals surface area contributed by atoms with Crippen molar-refractivity contribution in [1.82, 2.24) is 15.0 Å². The van der Waals surface area contributed by atoms with Crippen molar-refractivity contribution in [1.29, 1.82) is 0 Å². The average Bonchev–Trinajstić information content (AvgIpc) is 3.23. The van der Waals surface area contributed by atoms with Crippen LogP contribution in [0.25, 0.3) is 5.57 Å². The summed E-state index contributed by atoms with van der Waals surface area (Å²) < 4.78 is 85.1. The third-order valence-corrected chi connectivity index (χ3v) is 5.42. The molecule has 0 fully saturated rings. The van der Waals surface area contributed by atoms with E-state index in [9.17, 15) is 31.1 Å². The first-order chi connectivity index (χ1) is 17.6. The summed E-state index contributed by atoms with van der Waals surface area (Å²) in [4.78, 5) is 16.3. The van der Waals surface area contributed by atoms with Crippen LogP contribution in [0.1, 0.15) is 37.6 Å². The number of halogens is 6. The quantitative estimate of drug-likeness (QED) is 0.357. The maximum atomic E-state index is 13.7. The maximum Gasteiger partial charge on any atom is 0.418 e. The number of hydrogen-bond donors (Lipinski definition) is 1. The first-order valence-electron chi connectivity index (χ1n) is 11.2. The summed E-state index contributed by atoms with van der Waals surface area (Å²) in [7, 11) is 0. The number of hydrazine groups is 1. The number of rotatable bonds is 5. The number of hydrogen-bond acceptors (Lipinski definition) is 8. The Morgan fingerprint density at radius 1 is 1.03 bits per heavy atom. The van der Waals surface area contributed by atoms with Crippen molar-refractivity contribution in [2.75, 3.05) is 12.0 Å². The topological polar surface area (TPSA) is 82.4 Å². The summed E-state index contributed by atoms with van der Waals surface area (Å²) >= 11 is 0. The highest BCUT2D eigenvalue weighted by atomic mass is 19.4. The van der Waals surface area contributed by atoms with Gasteiger partial charge in [-0.25, -0.2) is 5.01 Å². The van der Waals surface area contributed by atoms with Crippen molar-refractivity contribution in [3.63, 3.8) is 0 Å². The summed E-state index contributed by atoms with van der Waals surface area (Å²) in [6.07, 6.45) is -6.36.